The van der Waals surface area contributed by atoms with Gasteiger partial charge in [-0.15, -0.1) is 5.10 Å². The Balaban J connectivity index is 2.46. The van der Waals surface area contributed by atoms with Crippen LogP contribution in [-0.4, -0.2) is 31.8 Å². The number of halogens is 1. The van der Waals surface area contributed by atoms with Gasteiger partial charge < -0.3 is 10.2 Å². The number of aromatic nitrogens is 3. The Bertz CT molecular complexity index is 513. The molecule has 2 rings (SSSR count). The van der Waals surface area contributed by atoms with Gasteiger partial charge in [-0.05, 0) is 28.7 Å². The summed E-state index contributed by atoms with van der Waals surface area (Å²) >= 11 is 2.14. The van der Waals surface area contributed by atoms with Crippen molar-refractivity contribution in [3.8, 4) is 5.69 Å². The number of benzene rings is 1. The van der Waals surface area contributed by atoms with Gasteiger partial charge in [0.15, 0.2) is 0 Å². The second-order valence-electron chi connectivity index (χ2n) is 3.50. The highest BCUT2D eigenvalue weighted by Gasteiger charge is 2.13. The van der Waals surface area contributed by atoms with Crippen molar-refractivity contribution < 1.29 is 10.2 Å². The molecule has 5 nitrogen and oxygen atoms in total. The Morgan fingerprint density at radius 3 is 2.71 bits per heavy atom. The van der Waals surface area contributed by atoms with E-state index in [9.17, 15) is 5.11 Å². The molecule has 0 aliphatic rings. The van der Waals surface area contributed by atoms with Crippen LogP contribution in [0.25, 0.3) is 5.69 Å². The zero-order valence-corrected chi connectivity index (χ0v) is 11.2. The third-order valence-electron chi connectivity index (χ3n) is 2.42. The third-order valence-corrected chi connectivity index (χ3v) is 3.50. The Hall–Kier alpha value is -0.990. The quantitative estimate of drug-likeness (QED) is 0.808. The molecule has 1 aromatic carbocycles. The fourth-order valence-corrected chi connectivity index (χ4v) is 2.30. The Labute approximate surface area is 112 Å². The zero-order chi connectivity index (χ0) is 12.3. The number of aliphatic hydroxyl groups is 2. The average molecular weight is 345 g/mol. The van der Waals surface area contributed by atoms with Gasteiger partial charge in [0.05, 0.1) is 18.0 Å². The van der Waals surface area contributed by atoms with Crippen LogP contribution in [0.2, 0.25) is 0 Å². The van der Waals surface area contributed by atoms with Crippen LogP contribution in [0.1, 0.15) is 11.3 Å². The summed E-state index contributed by atoms with van der Waals surface area (Å²) in [5.74, 6) is 0. The lowest BCUT2D eigenvalue weighted by Gasteiger charge is -2.07. The summed E-state index contributed by atoms with van der Waals surface area (Å²) in [5.41, 5.74) is 2.38. The average Bonchev–Trinajstić information content (AvgIpc) is 2.72. The molecule has 1 aromatic heterocycles. The van der Waals surface area contributed by atoms with Gasteiger partial charge in [0.25, 0.3) is 0 Å². The molecule has 0 fully saturated rings. The van der Waals surface area contributed by atoms with E-state index in [1.807, 2.05) is 24.3 Å². The van der Waals surface area contributed by atoms with E-state index in [-0.39, 0.29) is 13.2 Å². The van der Waals surface area contributed by atoms with E-state index in [4.69, 9.17) is 5.11 Å². The molecule has 1 heterocycles. The number of hydrogen-bond donors (Lipinski definition) is 2. The minimum absolute atomic E-state index is 0.0402. The molecule has 0 spiro atoms. The molecular formula is C11H12IN3O2. The molecule has 0 aliphatic heterocycles. The molecule has 0 unspecified atom stereocenters. The molecule has 2 aromatic rings. The monoisotopic (exact) mass is 345 g/mol. The maximum Gasteiger partial charge on any atom is 0.128 e. The molecule has 0 saturated carbocycles. The van der Waals surface area contributed by atoms with E-state index < -0.39 is 0 Å². The second-order valence-corrected chi connectivity index (χ2v) is 4.52. The molecule has 0 saturated heterocycles. The van der Waals surface area contributed by atoms with Gasteiger partial charge in [0.1, 0.15) is 3.70 Å². The maximum absolute atomic E-state index is 9.28. The summed E-state index contributed by atoms with van der Waals surface area (Å²) < 4.78 is 2.54. The van der Waals surface area contributed by atoms with Crippen LogP contribution in [0.4, 0.5) is 0 Å². The first-order valence-corrected chi connectivity index (χ1v) is 6.26. The Morgan fingerprint density at radius 2 is 2.00 bits per heavy atom. The summed E-state index contributed by atoms with van der Waals surface area (Å²) in [7, 11) is 0. The highest BCUT2D eigenvalue weighted by molar-refractivity contribution is 14.1. The normalized spacial score (nSPS) is 10.8. The molecular weight excluding hydrogens is 333 g/mol. The fraction of sp³-hybridized carbons (Fsp3) is 0.273. The summed E-state index contributed by atoms with van der Waals surface area (Å²) in [6, 6.07) is 7.48. The van der Waals surface area contributed by atoms with Crippen molar-refractivity contribution in [3.63, 3.8) is 0 Å². The molecule has 0 aliphatic carbocycles. The number of para-hydroxylation sites is 1. The van der Waals surface area contributed by atoms with Crippen molar-refractivity contribution >= 4 is 22.6 Å². The number of hydrogen-bond acceptors (Lipinski definition) is 4. The predicted molar refractivity (Wildman–Crippen MR) is 70.8 cm³/mol. The van der Waals surface area contributed by atoms with E-state index in [2.05, 4.69) is 32.9 Å². The van der Waals surface area contributed by atoms with Crippen molar-refractivity contribution in [1.29, 1.82) is 0 Å². The molecule has 0 radical (unpaired) electrons. The van der Waals surface area contributed by atoms with E-state index in [0.29, 0.717) is 6.42 Å². The molecule has 0 bridgehead atoms. The second kappa shape index (κ2) is 5.56. The van der Waals surface area contributed by atoms with Crippen LogP contribution in [0.15, 0.2) is 24.3 Å². The van der Waals surface area contributed by atoms with Crippen LogP contribution in [0, 0.1) is 3.70 Å². The minimum Gasteiger partial charge on any atom is -0.396 e. The van der Waals surface area contributed by atoms with Gasteiger partial charge in [0, 0.05) is 18.6 Å². The first-order valence-electron chi connectivity index (χ1n) is 5.18. The first kappa shape index (κ1) is 12.5. The van der Waals surface area contributed by atoms with E-state index in [1.54, 1.807) is 4.68 Å². The van der Waals surface area contributed by atoms with Crippen molar-refractivity contribution in [2.45, 2.75) is 13.0 Å². The first-order chi connectivity index (χ1) is 8.27. The molecule has 6 heteroatoms. The van der Waals surface area contributed by atoms with Gasteiger partial charge in [-0.25, -0.2) is 4.68 Å². The van der Waals surface area contributed by atoms with Gasteiger partial charge in [-0.1, -0.05) is 23.4 Å². The lowest BCUT2D eigenvalue weighted by molar-refractivity contribution is 0.281. The van der Waals surface area contributed by atoms with Crippen LogP contribution in [-0.2, 0) is 13.0 Å². The molecule has 90 valence electrons. The number of nitrogens with zero attached hydrogens (tertiary/aromatic N) is 3. The molecule has 17 heavy (non-hydrogen) atoms. The number of aliphatic hydroxyl groups excluding tert-OH is 2. The van der Waals surface area contributed by atoms with Gasteiger partial charge in [0.2, 0.25) is 0 Å². The number of rotatable bonds is 4. The lowest BCUT2D eigenvalue weighted by atomic mass is 10.2. The van der Waals surface area contributed by atoms with E-state index in [0.717, 1.165) is 20.6 Å². The van der Waals surface area contributed by atoms with E-state index >= 15 is 0 Å². The topological polar surface area (TPSA) is 71.2 Å². The van der Waals surface area contributed by atoms with Crippen LogP contribution >= 0.6 is 22.6 Å². The van der Waals surface area contributed by atoms with Crippen LogP contribution < -0.4 is 0 Å². The molecule has 0 atom stereocenters. The summed E-state index contributed by atoms with van der Waals surface area (Å²) in [6.07, 6.45) is 0.486. The smallest absolute Gasteiger partial charge is 0.128 e. The standard InChI is InChI=1S/C11H12IN3O2/c12-11-9(5-6-16)13-14-15(11)10-4-2-1-3-8(10)7-17/h1-4,16-17H,5-7H2. The Kier molecular flexibility index (Phi) is 4.08. The van der Waals surface area contributed by atoms with Crippen molar-refractivity contribution in [2.75, 3.05) is 6.61 Å². The highest BCUT2D eigenvalue weighted by Crippen LogP contribution is 2.19. The minimum atomic E-state index is -0.0402. The van der Waals surface area contributed by atoms with Crippen LogP contribution in [0.3, 0.4) is 0 Å². The lowest BCUT2D eigenvalue weighted by Crippen LogP contribution is -2.04. The van der Waals surface area contributed by atoms with Crippen LogP contribution in [0.5, 0.6) is 0 Å². The Morgan fingerprint density at radius 1 is 1.24 bits per heavy atom. The van der Waals surface area contributed by atoms with Crippen molar-refractivity contribution in [1.82, 2.24) is 15.0 Å². The van der Waals surface area contributed by atoms with E-state index in [1.165, 1.54) is 0 Å². The van der Waals surface area contributed by atoms with Crippen molar-refractivity contribution in [3.05, 3.63) is 39.2 Å². The van der Waals surface area contributed by atoms with Crippen molar-refractivity contribution in [2.24, 2.45) is 0 Å². The third kappa shape index (κ3) is 2.48. The molecule has 2 N–H and O–H groups in total. The summed E-state index contributed by atoms with van der Waals surface area (Å²) in [6.45, 7) is 0.0117. The largest absolute Gasteiger partial charge is 0.396 e. The SMILES string of the molecule is OCCc1nnn(-c2ccccc2CO)c1I. The maximum atomic E-state index is 9.28. The highest BCUT2D eigenvalue weighted by atomic mass is 127. The summed E-state index contributed by atoms with van der Waals surface area (Å²) in [4.78, 5) is 0. The zero-order valence-electron chi connectivity index (χ0n) is 9.04. The predicted octanol–water partition coefficient (Wildman–Crippen LogP) is 0.899. The van der Waals surface area contributed by atoms with Gasteiger partial charge in [-0.2, -0.15) is 0 Å². The van der Waals surface area contributed by atoms with Gasteiger partial charge in [-0.3, -0.25) is 0 Å². The fourth-order valence-electron chi connectivity index (χ4n) is 1.57. The summed E-state index contributed by atoms with van der Waals surface area (Å²) in [5, 5.41) is 26.3. The van der Waals surface area contributed by atoms with Gasteiger partial charge >= 0.3 is 0 Å². The molecule has 0 amide bonds.